The van der Waals surface area contributed by atoms with Gasteiger partial charge in [-0.1, -0.05) is 29.8 Å². The highest BCUT2D eigenvalue weighted by molar-refractivity contribution is 5.79. The van der Waals surface area contributed by atoms with Crippen LogP contribution < -0.4 is 0 Å². The molecule has 9 heteroatoms. The van der Waals surface area contributed by atoms with Crippen LogP contribution in [0.5, 0.6) is 0 Å². The number of likely N-dealkylation sites (tertiary alicyclic amines) is 1. The van der Waals surface area contributed by atoms with E-state index in [2.05, 4.69) is 15.4 Å². The van der Waals surface area contributed by atoms with Crippen molar-refractivity contribution in [3.63, 3.8) is 0 Å². The van der Waals surface area contributed by atoms with Gasteiger partial charge in [0.1, 0.15) is 6.54 Å². The molecule has 0 unspecified atom stereocenters. The number of aromatic nitrogens is 4. The van der Waals surface area contributed by atoms with Gasteiger partial charge in [-0.3, -0.25) is 4.79 Å². The van der Waals surface area contributed by atoms with Gasteiger partial charge in [-0.15, -0.1) is 10.2 Å². The molecule has 25 heavy (non-hydrogen) atoms. The van der Waals surface area contributed by atoms with Gasteiger partial charge in [-0.05, 0) is 12.1 Å². The fourth-order valence-corrected chi connectivity index (χ4v) is 2.69. The third-order valence-electron chi connectivity index (χ3n) is 4.38. The normalized spacial score (nSPS) is 16.6. The molecule has 1 fully saturated rings. The van der Waals surface area contributed by atoms with Crippen LogP contribution in [0.25, 0.3) is 11.4 Å². The summed E-state index contributed by atoms with van der Waals surface area (Å²) in [5.74, 6) is -1.05. The SMILES string of the molecule is Cc1ccc(-c2nnn(CC(=O)N3CCC(O)(C(=O)O)CC3)n2)cc1. The third-order valence-corrected chi connectivity index (χ3v) is 4.38. The fraction of sp³-hybridized carbons (Fsp3) is 0.438. The fourth-order valence-electron chi connectivity index (χ4n) is 2.69. The summed E-state index contributed by atoms with van der Waals surface area (Å²) < 4.78 is 0. The summed E-state index contributed by atoms with van der Waals surface area (Å²) in [6.07, 6.45) is 0.0148. The van der Waals surface area contributed by atoms with Crippen LogP contribution in [0.4, 0.5) is 0 Å². The van der Waals surface area contributed by atoms with Crippen molar-refractivity contribution in [2.24, 2.45) is 0 Å². The molecule has 1 aromatic heterocycles. The highest BCUT2D eigenvalue weighted by Gasteiger charge is 2.40. The highest BCUT2D eigenvalue weighted by Crippen LogP contribution is 2.22. The first kappa shape index (κ1) is 17.0. The maximum Gasteiger partial charge on any atom is 0.335 e. The van der Waals surface area contributed by atoms with Crippen LogP contribution in [0.1, 0.15) is 18.4 Å². The Kier molecular flexibility index (Phi) is 4.49. The van der Waals surface area contributed by atoms with Crippen LogP contribution in [0.3, 0.4) is 0 Å². The molecular weight excluding hydrogens is 326 g/mol. The molecule has 132 valence electrons. The Hall–Kier alpha value is -2.81. The Morgan fingerprint density at radius 3 is 2.44 bits per heavy atom. The van der Waals surface area contributed by atoms with Gasteiger partial charge in [0.2, 0.25) is 11.7 Å². The first-order valence-corrected chi connectivity index (χ1v) is 7.96. The van der Waals surface area contributed by atoms with E-state index in [1.54, 1.807) is 0 Å². The number of tetrazole rings is 1. The van der Waals surface area contributed by atoms with E-state index >= 15 is 0 Å². The summed E-state index contributed by atoms with van der Waals surface area (Å²) in [5, 5.41) is 31.0. The number of carboxylic acids is 1. The lowest BCUT2D eigenvalue weighted by Crippen LogP contribution is -2.51. The van der Waals surface area contributed by atoms with E-state index in [0.717, 1.165) is 11.1 Å². The van der Waals surface area contributed by atoms with E-state index in [0.29, 0.717) is 5.82 Å². The van der Waals surface area contributed by atoms with Crippen molar-refractivity contribution in [2.45, 2.75) is 31.9 Å². The van der Waals surface area contributed by atoms with E-state index in [4.69, 9.17) is 5.11 Å². The van der Waals surface area contributed by atoms with Crippen LogP contribution >= 0.6 is 0 Å². The van der Waals surface area contributed by atoms with E-state index in [1.165, 1.54) is 9.70 Å². The van der Waals surface area contributed by atoms with E-state index in [9.17, 15) is 14.7 Å². The smallest absolute Gasteiger partial charge is 0.335 e. The van der Waals surface area contributed by atoms with Gasteiger partial charge in [-0.2, -0.15) is 4.80 Å². The summed E-state index contributed by atoms with van der Waals surface area (Å²) in [5.41, 5.74) is 0.187. The van der Waals surface area contributed by atoms with E-state index in [1.807, 2.05) is 31.2 Å². The van der Waals surface area contributed by atoms with Gasteiger partial charge in [0.05, 0.1) is 0 Å². The minimum atomic E-state index is -1.75. The maximum absolute atomic E-state index is 12.3. The number of aliphatic hydroxyl groups is 1. The second-order valence-corrected chi connectivity index (χ2v) is 6.23. The highest BCUT2D eigenvalue weighted by atomic mass is 16.4. The van der Waals surface area contributed by atoms with Crippen molar-refractivity contribution < 1.29 is 19.8 Å². The Labute approximate surface area is 143 Å². The molecule has 2 N–H and O–H groups in total. The van der Waals surface area contributed by atoms with Gasteiger partial charge in [0.25, 0.3) is 0 Å². The summed E-state index contributed by atoms with van der Waals surface area (Å²) in [6, 6.07) is 7.66. The number of rotatable bonds is 4. The number of carbonyl (C=O) groups is 2. The molecule has 3 rings (SSSR count). The molecule has 2 aromatic rings. The topological polar surface area (TPSA) is 121 Å². The average molecular weight is 345 g/mol. The molecule has 1 aliphatic rings. The predicted octanol–water partition coefficient (Wildman–Crippen LogP) is 0.0866. The number of benzene rings is 1. The molecule has 0 radical (unpaired) electrons. The van der Waals surface area contributed by atoms with Crippen LogP contribution in [0.15, 0.2) is 24.3 Å². The van der Waals surface area contributed by atoms with Crippen LogP contribution in [0.2, 0.25) is 0 Å². The molecule has 0 saturated carbocycles. The quantitative estimate of drug-likeness (QED) is 0.805. The lowest BCUT2D eigenvalue weighted by atomic mass is 9.91. The standard InChI is InChI=1S/C16H19N5O4/c1-11-2-4-12(5-3-11)14-17-19-21(18-14)10-13(22)20-8-6-16(25,7-9-20)15(23)24/h2-5,25H,6-10H2,1H3,(H,23,24). The zero-order valence-corrected chi connectivity index (χ0v) is 13.8. The number of hydrogen-bond acceptors (Lipinski definition) is 6. The number of amides is 1. The summed E-state index contributed by atoms with van der Waals surface area (Å²) in [6.45, 7) is 2.27. The first-order valence-electron chi connectivity index (χ1n) is 7.96. The average Bonchev–Trinajstić information content (AvgIpc) is 3.04. The number of aliphatic carboxylic acids is 1. The van der Waals surface area contributed by atoms with Crippen molar-refractivity contribution in [2.75, 3.05) is 13.1 Å². The number of nitrogens with zero attached hydrogens (tertiary/aromatic N) is 5. The molecule has 2 heterocycles. The predicted molar refractivity (Wildman–Crippen MR) is 86.4 cm³/mol. The number of carbonyl (C=O) groups excluding carboxylic acids is 1. The van der Waals surface area contributed by atoms with E-state index < -0.39 is 11.6 Å². The molecule has 0 atom stereocenters. The van der Waals surface area contributed by atoms with Crippen molar-refractivity contribution in [1.29, 1.82) is 0 Å². The summed E-state index contributed by atoms with van der Waals surface area (Å²) in [7, 11) is 0. The molecule has 1 aromatic carbocycles. The monoisotopic (exact) mass is 345 g/mol. The van der Waals surface area contributed by atoms with E-state index in [-0.39, 0.29) is 38.4 Å². The Balaban J connectivity index is 1.61. The molecule has 9 nitrogen and oxygen atoms in total. The molecule has 0 spiro atoms. The number of hydrogen-bond donors (Lipinski definition) is 2. The Morgan fingerprint density at radius 2 is 1.84 bits per heavy atom. The Morgan fingerprint density at radius 1 is 1.20 bits per heavy atom. The summed E-state index contributed by atoms with van der Waals surface area (Å²) >= 11 is 0. The van der Waals surface area contributed by atoms with Gasteiger partial charge in [0.15, 0.2) is 5.60 Å². The van der Waals surface area contributed by atoms with Crippen molar-refractivity contribution >= 4 is 11.9 Å². The molecule has 1 amide bonds. The van der Waals surface area contributed by atoms with Gasteiger partial charge >= 0.3 is 5.97 Å². The molecule has 1 saturated heterocycles. The third kappa shape index (κ3) is 3.66. The van der Waals surface area contributed by atoms with Gasteiger partial charge in [-0.25, -0.2) is 4.79 Å². The largest absolute Gasteiger partial charge is 0.479 e. The summed E-state index contributed by atoms with van der Waals surface area (Å²) in [4.78, 5) is 26.0. The lowest BCUT2D eigenvalue weighted by Gasteiger charge is -2.35. The van der Waals surface area contributed by atoms with Gasteiger partial charge in [0, 0.05) is 31.5 Å². The van der Waals surface area contributed by atoms with Crippen molar-refractivity contribution in [1.82, 2.24) is 25.1 Å². The molecular formula is C16H19N5O4. The Bertz CT molecular complexity index is 778. The molecule has 0 aliphatic carbocycles. The second kappa shape index (κ2) is 6.60. The van der Waals surface area contributed by atoms with Crippen LogP contribution in [-0.4, -0.2) is 65.9 Å². The lowest BCUT2D eigenvalue weighted by molar-refractivity contribution is -0.165. The number of aryl methyl sites for hydroxylation is 1. The number of piperidine rings is 1. The zero-order valence-electron chi connectivity index (χ0n) is 13.8. The van der Waals surface area contributed by atoms with Crippen molar-refractivity contribution in [3.05, 3.63) is 29.8 Å². The second-order valence-electron chi connectivity index (χ2n) is 6.23. The minimum absolute atomic E-state index is 0.00742. The molecule has 0 bridgehead atoms. The zero-order chi connectivity index (χ0) is 18.0. The van der Waals surface area contributed by atoms with Crippen LogP contribution in [0, 0.1) is 6.92 Å². The minimum Gasteiger partial charge on any atom is -0.479 e. The molecule has 1 aliphatic heterocycles. The van der Waals surface area contributed by atoms with Crippen molar-refractivity contribution in [3.8, 4) is 11.4 Å². The maximum atomic E-state index is 12.3. The van der Waals surface area contributed by atoms with Crippen LogP contribution in [-0.2, 0) is 16.1 Å². The first-order chi connectivity index (χ1) is 11.9. The van der Waals surface area contributed by atoms with Gasteiger partial charge < -0.3 is 15.1 Å². The number of carboxylic acid groups (broad SMARTS) is 1.